The standard InChI is InChI=1S/C18H17ClN2O4S2/c1-26(22,23)12-14-6-3-2-5-13(14)11-21-27(24,25)17-8-4-7-15-16(19)9-10-20-18(15)17/h2-10,21H,11-12H2,1H3. The summed E-state index contributed by atoms with van der Waals surface area (Å²) in [6.07, 6.45) is 2.59. The lowest BCUT2D eigenvalue weighted by Crippen LogP contribution is -2.24. The van der Waals surface area contributed by atoms with E-state index in [0.29, 0.717) is 21.5 Å². The molecule has 0 spiro atoms. The molecule has 6 nitrogen and oxygen atoms in total. The Balaban J connectivity index is 1.93. The molecule has 0 radical (unpaired) electrons. The Morgan fingerprint density at radius 2 is 1.67 bits per heavy atom. The number of halogens is 1. The largest absolute Gasteiger partial charge is 0.255 e. The van der Waals surface area contributed by atoms with Crippen LogP contribution >= 0.6 is 11.6 Å². The van der Waals surface area contributed by atoms with Crippen molar-refractivity contribution in [3.05, 3.63) is 70.9 Å². The number of rotatable bonds is 6. The molecule has 27 heavy (non-hydrogen) atoms. The van der Waals surface area contributed by atoms with Crippen LogP contribution < -0.4 is 4.72 Å². The number of hydrogen-bond acceptors (Lipinski definition) is 5. The third-order valence-electron chi connectivity index (χ3n) is 3.96. The average Bonchev–Trinajstić information content (AvgIpc) is 2.60. The van der Waals surface area contributed by atoms with Gasteiger partial charge in [0.2, 0.25) is 10.0 Å². The first-order valence-electron chi connectivity index (χ1n) is 7.95. The van der Waals surface area contributed by atoms with Crippen molar-refractivity contribution < 1.29 is 16.8 Å². The number of aromatic nitrogens is 1. The summed E-state index contributed by atoms with van der Waals surface area (Å²) in [6.45, 7) is -0.0367. The number of nitrogens with zero attached hydrogens (tertiary/aromatic N) is 1. The summed E-state index contributed by atoms with van der Waals surface area (Å²) in [5.74, 6) is -0.156. The van der Waals surface area contributed by atoms with Gasteiger partial charge in [-0.2, -0.15) is 0 Å². The van der Waals surface area contributed by atoms with E-state index in [1.54, 1.807) is 42.5 Å². The van der Waals surface area contributed by atoms with Gasteiger partial charge in [0.05, 0.1) is 16.3 Å². The van der Waals surface area contributed by atoms with Crippen molar-refractivity contribution in [2.24, 2.45) is 0 Å². The SMILES string of the molecule is CS(=O)(=O)Cc1ccccc1CNS(=O)(=O)c1cccc2c(Cl)ccnc12. The molecule has 1 N–H and O–H groups in total. The second kappa shape index (κ2) is 7.55. The van der Waals surface area contributed by atoms with Crippen LogP contribution in [0, 0.1) is 0 Å². The Kier molecular flexibility index (Phi) is 5.53. The van der Waals surface area contributed by atoms with Gasteiger partial charge in [-0.3, -0.25) is 4.98 Å². The predicted molar refractivity (Wildman–Crippen MR) is 106 cm³/mol. The normalized spacial score (nSPS) is 12.4. The van der Waals surface area contributed by atoms with Gasteiger partial charge in [0.1, 0.15) is 4.90 Å². The molecule has 1 aromatic heterocycles. The van der Waals surface area contributed by atoms with Gasteiger partial charge in [-0.25, -0.2) is 21.6 Å². The fraction of sp³-hybridized carbons (Fsp3) is 0.167. The van der Waals surface area contributed by atoms with Gasteiger partial charge in [0, 0.05) is 24.4 Å². The Bertz CT molecular complexity index is 1210. The van der Waals surface area contributed by atoms with Crippen molar-refractivity contribution >= 4 is 42.4 Å². The minimum Gasteiger partial charge on any atom is -0.255 e. The highest BCUT2D eigenvalue weighted by atomic mass is 35.5. The highest BCUT2D eigenvalue weighted by Crippen LogP contribution is 2.26. The minimum atomic E-state index is -3.88. The van der Waals surface area contributed by atoms with Gasteiger partial charge in [-0.15, -0.1) is 0 Å². The van der Waals surface area contributed by atoms with Gasteiger partial charge in [0.25, 0.3) is 0 Å². The highest BCUT2D eigenvalue weighted by Gasteiger charge is 2.19. The number of pyridine rings is 1. The first-order valence-corrected chi connectivity index (χ1v) is 11.9. The molecule has 0 fully saturated rings. The number of sulfone groups is 1. The molecule has 0 bridgehead atoms. The molecule has 0 aliphatic rings. The number of nitrogens with one attached hydrogen (secondary N) is 1. The van der Waals surface area contributed by atoms with Crippen LogP contribution in [0.4, 0.5) is 0 Å². The molecule has 9 heteroatoms. The number of hydrogen-bond donors (Lipinski definition) is 1. The summed E-state index contributed by atoms with van der Waals surface area (Å²) in [5, 5.41) is 0.954. The lowest BCUT2D eigenvalue weighted by atomic mass is 10.1. The summed E-state index contributed by atoms with van der Waals surface area (Å²) in [5.41, 5.74) is 1.43. The number of sulfonamides is 1. The fourth-order valence-electron chi connectivity index (χ4n) is 2.74. The summed E-state index contributed by atoms with van der Waals surface area (Å²) in [7, 11) is -7.12. The maximum atomic E-state index is 12.8. The molecule has 0 unspecified atom stereocenters. The van der Waals surface area contributed by atoms with Gasteiger partial charge in [-0.05, 0) is 23.3 Å². The zero-order valence-corrected chi connectivity index (χ0v) is 16.8. The molecule has 0 amide bonds. The van der Waals surface area contributed by atoms with Crippen LogP contribution in [-0.4, -0.2) is 28.1 Å². The van der Waals surface area contributed by atoms with Crippen LogP contribution in [0.25, 0.3) is 10.9 Å². The number of para-hydroxylation sites is 1. The van der Waals surface area contributed by atoms with Gasteiger partial charge < -0.3 is 0 Å². The molecule has 1 heterocycles. The lowest BCUT2D eigenvalue weighted by molar-refractivity contribution is 0.582. The first kappa shape index (κ1) is 19.8. The predicted octanol–water partition coefficient (Wildman–Crippen LogP) is 2.91. The van der Waals surface area contributed by atoms with E-state index in [0.717, 1.165) is 6.26 Å². The van der Waals surface area contributed by atoms with Gasteiger partial charge in [0.15, 0.2) is 9.84 Å². The molecule has 0 atom stereocenters. The molecule has 0 aliphatic heterocycles. The zero-order valence-electron chi connectivity index (χ0n) is 14.4. The Hall–Kier alpha value is -2.00. The van der Waals surface area contributed by atoms with E-state index < -0.39 is 19.9 Å². The zero-order chi connectivity index (χ0) is 19.7. The van der Waals surface area contributed by atoms with E-state index in [2.05, 4.69) is 9.71 Å². The summed E-state index contributed by atoms with van der Waals surface area (Å²) < 4.78 is 51.3. The Morgan fingerprint density at radius 3 is 2.37 bits per heavy atom. The van der Waals surface area contributed by atoms with Crippen LogP contribution in [0.3, 0.4) is 0 Å². The topological polar surface area (TPSA) is 93.2 Å². The second-order valence-electron chi connectivity index (χ2n) is 6.11. The molecule has 142 valence electrons. The van der Waals surface area contributed by atoms with Crippen LogP contribution in [0.2, 0.25) is 5.02 Å². The highest BCUT2D eigenvalue weighted by molar-refractivity contribution is 7.90. The maximum absolute atomic E-state index is 12.8. The van der Waals surface area contributed by atoms with Crippen molar-refractivity contribution in [2.75, 3.05) is 6.26 Å². The van der Waals surface area contributed by atoms with E-state index in [1.807, 2.05) is 0 Å². The molecule has 0 aliphatic carbocycles. The smallest absolute Gasteiger partial charge is 0.243 e. The number of fused-ring (bicyclic) bond motifs is 1. The van der Waals surface area contributed by atoms with Crippen molar-refractivity contribution in [3.8, 4) is 0 Å². The first-order chi connectivity index (χ1) is 12.7. The third-order valence-corrected chi connectivity index (χ3v) is 6.56. The van der Waals surface area contributed by atoms with Gasteiger partial charge >= 0.3 is 0 Å². The second-order valence-corrected chi connectivity index (χ2v) is 10.4. The van der Waals surface area contributed by atoms with E-state index in [9.17, 15) is 16.8 Å². The monoisotopic (exact) mass is 424 g/mol. The molecular weight excluding hydrogens is 408 g/mol. The molecule has 0 saturated heterocycles. The molecule has 0 saturated carbocycles. The average molecular weight is 425 g/mol. The van der Waals surface area contributed by atoms with E-state index >= 15 is 0 Å². The maximum Gasteiger partial charge on any atom is 0.243 e. The Morgan fingerprint density at radius 1 is 0.963 bits per heavy atom. The van der Waals surface area contributed by atoms with E-state index in [4.69, 9.17) is 11.6 Å². The van der Waals surface area contributed by atoms with Crippen molar-refractivity contribution in [3.63, 3.8) is 0 Å². The molecule has 3 aromatic rings. The van der Waals surface area contributed by atoms with Gasteiger partial charge in [-0.1, -0.05) is 48.0 Å². The number of benzene rings is 2. The Labute approximate surface area is 163 Å². The third kappa shape index (κ3) is 4.65. The summed E-state index contributed by atoms with van der Waals surface area (Å²) in [4.78, 5) is 4.16. The summed E-state index contributed by atoms with van der Waals surface area (Å²) in [6, 6.07) is 13.2. The molecule has 2 aromatic carbocycles. The van der Waals surface area contributed by atoms with Crippen molar-refractivity contribution in [1.29, 1.82) is 0 Å². The quantitative estimate of drug-likeness (QED) is 0.656. The van der Waals surface area contributed by atoms with E-state index in [1.165, 1.54) is 12.3 Å². The van der Waals surface area contributed by atoms with Crippen molar-refractivity contribution in [2.45, 2.75) is 17.2 Å². The van der Waals surface area contributed by atoms with Crippen LogP contribution in [0.5, 0.6) is 0 Å². The van der Waals surface area contributed by atoms with Crippen molar-refractivity contribution in [1.82, 2.24) is 9.71 Å². The van der Waals surface area contributed by atoms with Crippen LogP contribution in [0.15, 0.2) is 59.6 Å². The minimum absolute atomic E-state index is 0.0168. The van der Waals surface area contributed by atoms with E-state index in [-0.39, 0.29) is 22.7 Å². The molecular formula is C18H17ClN2O4S2. The lowest BCUT2D eigenvalue weighted by Gasteiger charge is -2.12. The van der Waals surface area contributed by atoms with Crippen LogP contribution in [-0.2, 0) is 32.2 Å². The molecule has 3 rings (SSSR count). The summed E-state index contributed by atoms with van der Waals surface area (Å²) >= 11 is 6.12. The van der Waals surface area contributed by atoms with Crippen LogP contribution in [0.1, 0.15) is 11.1 Å². The fourth-order valence-corrected chi connectivity index (χ4v) is 4.97.